The maximum atomic E-state index is 15.7. The van der Waals surface area contributed by atoms with Crippen molar-refractivity contribution in [2.45, 2.75) is 123 Å². The highest BCUT2D eigenvalue weighted by molar-refractivity contribution is 6.14. The molecule has 3 aromatic carbocycles. The zero-order valence-corrected chi connectivity index (χ0v) is 37.3. The summed E-state index contributed by atoms with van der Waals surface area (Å²) in [6, 6.07) is 23.0. The van der Waals surface area contributed by atoms with E-state index in [2.05, 4.69) is 36.8 Å². The fraction of sp³-hybridized carbons (Fsp3) is 0.528. The van der Waals surface area contributed by atoms with Crippen LogP contribution in [0.3, 0.4) is 0 Å². The van der Waals surface area contributed by atoms with Gasteiger partial charge in [0.05, 0.1) is 23.7 Å². The van der Waals surface area contributed by atoms with Crippen molar-refractivity contribution < 1.29 is 47.2 Å². The maximum absolute atomic E-state index is 15.7. The Morgan fingerprint density at radius 1 is 0.812 bits per heavy atom. The monoisotopic (exact) mass is 877 g/mol. The summed E-state index contributed by atoms with van der Waals surface area (Å²) in [6.07, 6.45) is 6.34. The molecule has 1 heterocycles. The van der Waals surface area contributed by atoms with Gasteiger partial charge < -0.3 is 24.6 Å². The van der Waals surface area contributed by atoms with Crippen molar-refractivity contribution >= 4 is 17.7 Å². The number of carbonyl (C=O) groups is 3. The Morgan fingerprint density at radius 3 is 2.14 bits per heavy atom. The van der Waals surface area contributed by atoms with Crippen LogP contribution in [-0.2, 0) is 20.9 Å². The normalized spacial score (nSPS) is 38.8. The second-order valence-electron chi connectivity index (χ2n) is 21.6. The van der Waals surface area contributed by atoms with Crippen LogP contribution in [0.1, 0.15) is 108 Å². The fourth-order valence-corrected chi connectivity index (χ4v) is 14.8. The fourth-order valence-electron chi connectivity index (χ4n) is 14.8. The summed E-state index contributed by atoms with van der Waals surface area (Å²) in [7, 11) is 0. The summed E-state index contributed by atoms with van der Waals surface area (Å²) in [5, 5.41) is 24.8. The number of hydrogen-bond acceptors (Lipinski definition) is 7. The van der Waals surface area contributed by atoms with Crippen LogP contribution in [-0.4, -0.2) is 63.0 Å². The van der Waals surface area contributed by atoms with Gasteiger partial charge in [0.1, 0.15) is 5.75 Å². The molecule has 5 fully saturated rings. The Kier molecular flexibility index (Phi) is 9.37. The maximum Gasteiger partial charge on any atom is 0.573 e. The number of benzene rings is 3. The van der Waals surface area contributed by atoms with Crippen LogP contribution < -0.4 is 4.74 Å². The largest absolute Gasteiger partial charge is 0.573 e. The van der Waals surface area contributed by atoms with E-state index in [1.54, 1.807) is 4.90 Å². The van der Waals surface area contributed by atoms with Gasteiger partial charge in [0.15, 0.2) is 11.4 Å². The molecule has 2 N–H and O–H groups in total. The zero-order valence-electron chi connectivity index (χ0n) is 37.3. The number of fused-ring (bicyclic) bond motifs is 3. The minimum Gasteiger partial charge on any atom is -0.448 e. The highest BCUT2D eigenvalue weighted by Crippen LogP contribution is 2.78. The minimum atomic E-state index is -4.88. The van der Waals surface area contributed by atoms with Crippen molar-refractivity contribution in [2.75, 3.05) is 6.54 Å². The SMILES string of the molecule is CC12CCC(C(=O)N(Cc3ccc(OC(F)(F)F)cc3)CC3(O)CCC4C56C=CC7(C=C5C(=O)c5ccccc5-c5ccccc5)CC(O)CCC7(C)C6CCC43C)(OC1=O)C2(C)C. The van der Waals surface area contributed by atoms with Crippen LogP contribution in [0.15, 0.2) is 103 Å². The van der Waals surface area contributed by atoms with Gasteiger partial charge in [-0.1, -0.05) is 113 Å². The number of amides is 1. The van der Waals surface area contributed by atoms with Crippen molar-refractivity contribution in [3.63, 3.8) is 0 Å². The summed E-state index contributed by atoms with van der Waals surface area (Å²) in [4.78, 5) is 46.1. The van der Waals surface area contributed by atoms with Gasteiger partial charge in [-0.3, -0.25) is 14.4 Å². The lowest BCUT2D eigenvalue weighted by molar-refractivity contribution is -0.274. The van der Waals surface area contributed by atoms with E-state index in [0.717, 1.165) is 17.5 Å². The average Bonchev–Trinajstić information content (AvgIpc) is 3.71. The number of esters is 1. The first-order chi connectivity index (χ1) is 30.1. The van der Waals surface area contributed by atoms with Crippen LogP contribution in [0.2, 0.25) is 0 Å². The van der Waals surface area contributed by atoms with Gasteiger partial charge >= 0.3 is 12.3 Å². The summed E-state index contributed by atoms with van der Waals surface area (Å²) >= 11 is 0. The van der Waals surface area contributed by atoms with Crippen LogP contribution >= 0.6 is 0 Å². The molecule has 11 heteroatoms. The number of aliphatic hydroxyl groups excluding tert-OH is 1. The quantitative estimate of drug-likeness (QED) is 0.125. The van der Waals surface area contributed by atoms with E-state index in [-0.39, 0.29) is 36.1 Å². The van der Waals surface area contributed by atoms with Crippen molar-refractivity contribution in [3.8, 4) is 16.9 Å². The summed E-state index contributed by atoms with van der Waals surface area (Å²) < 4.78 is 49.7. The number of allylic oxidation sites excluding steroid dienone is 4. The highest BCUT2D eigenvalue weighted by atomic mass is 19.4. The summed E-state index contributed by atoms with van der Waals surface area (Å²) in [6.45, 7) is 9.89. The predicted molar refractivity (Wildman–Crippen MR) is 233 cm³/mol. The molecule has 8 aliphatic rings. The molecule has 10 unspecified atom stereocenters. The second kappa shape index (κ2) is 13.9. The first-order valence-corrected chi connectivity index (χ1v) is 23.0. The van der Waals surface area contributed by atoms with E-state index < -0.39 is 68.4 Å². The van der Waals surface area contributed by atoms with E-state index in [1.165, 1.54) is 24.3 Å². The lowest BCUT2D eigenvalue weighted by atomic mass is 9.32. The molecule has 10 atom stereocenters. The molecule has 4 saturated carbocycles. The Morgan fingerprint density at radius 2 is 1.47 bits per heavy atom. The molecule has 0 aromatic heterocycles. The molecule has 338 valence electrons. The standard InChI is InChI=1S/C53H58F3NO7/c1-45(2)48(5)25-28-52(45,64-44(48)61)43(60)57(31-33-15-17-36(18-16-33)63-53(54,55)56)32-50(62)24-21-41-47(50,4)23-20-40-46(3)22-19-35(58)29-49(46)26-27-51(40,41)39(30-49)42(59)38-14-10-9-13-37(38)34-11-7-6-8-12-34/h6-18,26-27,30,35,40-41,58,62H,19-25,28-29,31-32H2,1-5H3. The molecule has 4 bridgehead atoms. The first kappa shape index (κ1) is 43.2. The summed E-state index contributed by atoms with van der Waals surface area (Å²) in [5.41, 5.74) is -3.54. The third-order valence-corrected chi connectivity index (χ3v) is 18.9. The van der Waals surface area contributed by atoms with Gasteiger partial charge in [0.2, 0.25) is 0 Å². The van der Waals surface area contributed by atoms with E-state index in [4.69, 9.17) is 4.74 Å². The Hall–Kier alpha value is -4.74. The minimum absolute atomic E-state index is 0.0367. The second-order valence-corrected chi connectivity index (χ2v) is 21.6. The third kappa shape index (κ3) is 5.64. The molecule has 7 aliphatic carbocycles. The van der Waals surface area contributed by atoms with Gasteiger partial charge in [0, 0.05) is 39.3 Å². The molecule has 3 aromatic rings. The number of halogens is 3. The number of hydrogen-bond donors (Lipinski definition) is 2. The molecule has 8 nitrogen and oxygen atoms in total. The van der Waals surface area contributed by atoms with Crippen molar-refractivity contribution in [3.05, 3.63) is 114 Å². The van der Waals surface area contributed by atoms with E-state index in [0.29, 0.717) is 68.1 Å². The molecule has 11 rings (SSSR count). The van der Waals surface area contributed by atoms with Crippen molar-refractivity contribution in [1.29, 1.82) is 0 Å². The molecule has 1 saturated heterocycles. The smallest absolute Gasteiger partial charge is 0.448 e. The van der Waals surface area contributed by atoms with Gasteiger partial charge in [0.25, 0.3) is 5.91 Å². The van der Waals surface area contributed by atoms with E-state index in [1.807, 2.05) is 75.4 Å². The number of aliphatic hydroxyl groups is 2. The number of nitrogens with zero attached hydrogens (tertiary/aromatic N) is 1. The lowest BCUT2D eigenvalue weighted by Crippen LogP contribution is -2.67. The van der Waals surface area contributed by atoms with E-state index in [9.17, 15) is 28.2 Å². The molecule has 1 amide bonds. The number of alkyl halides is 3. The average molecular weight is 878 g/mol. The van der Waals surface area contributed by atoms with Crippen molar-refractivity contribution in [1.82, 2.24) is 4.90 Å². The van der Waals surface area contributed by atoms with Crippen molar-refractivity contribution in [2.24, 2.45) is 44.3 Å². The number of carbonyl (C=O) groups excluding carboxylic acids is 3. The van der Waals surface area contributed by atoms with Gasteiger partial charge in [-0.05, 0) is 111 Å². The Labute approximate surface area is 372 Å². The molecule has 2 spiro atoms. The number of rotatable bonds is 9. The summed E-state index contributed by atoms with van der Waals surface area (Å²) in [5.74, 6) is -1.50. The van der Waals surface area contributed by atoms with Crippen LogP contribution in [0.25, 0.3) is 11.1 Å². The van der Waals surface area contributed by atoms with Gasteiger partial charge in [-0.25, -0.2) is 0 Å². The van der Waals surface area contributed by atoms with Crippen LogP contribution in [0.5, 0.6) is 5.75 Å². The topological polar surface area (TPSA) is 113 Å². The Balaban J connectivity index is 1.06. The first-order valence-electron chi connectivity index (χ1n) is 23.0. The van der Waals surface area contributed by atoms with Crippen LogP contribution in [0.4, 0.5) is 13.2 Å². The molecule has 0 radical (unpaired) electrons. The third-order valence-electron chi connectivity index (χ3n) is 18.9. The Bertz CT molecular complexity index is 2500. The molecule has 1 aliphatic heterocycles. The van der Waals surface area contributed by atoms with E-state index >= 15 is 9.59 Å². The number of ether oxygens (including phenoxy) is 2. The van der Waals surface area contributed by atoms with Crippen LogP contribution in [0, 0.1) is 44.3 Å². The number of ketones is 1. The van der Waals surface area contributed by atoms with Gasteiger partial charge in [-0.15, -0.1) is 13.2 Å². The molecular weight excluding hydrogens is 820 g/mol. The zero-order chi connectivity index (χ0) is 45.5. The van der Waals surface area contributed by atoms with Gasteiger partial charge in [-0.2, -0.15) is 0 Å². The lowest BCUT2D eigenvalue weighted by Gasteiger charge is -2.71. The molecular formula is C53H58F3NO7. The highest BCUT2D eigenvalue weighted by Gasteiger charge is 2.78. The molecule has 64 heavy (non-hydrogen) atoms. The predicted octanol–water partition coefficient (Wildman–Crippen LogP) is 10.2. The number of Topliss-reactive ketones (excluding diaryl/α,β-unsaturated/α-hetero) is 1.